The van der Waals surface area contributed by atoms with Crippen molar-refractivity contribution >= 4 is 0 Å². The topological polar surface area (TPSA) is 26.0 Å². The molecule has 8 fully saturated rings. The SMILES string of the molecule is C[C@@]12CCC[C@H]1[C@@H]1CC[C@H]3CCC(N)C[C@]3(C)[C@H]1CC2.C[C@H]1CC[C@@]2(C)[C@@H](CC[C@H]3[C@@H]4CCC[C@@]4(C)CC[C@@H]32)C1. The number of fused-ring (bicyclic) bond motifs is 10. The Morgan fingerprint density at radius 3 is 1.68 bits per heavy atom. The van der Waals surface area contributed by atoms with Crippen LogP contribution in [0.2, 0.25) is 0 Å². The second-order valence-corrected chi connectivity index (χ2v) is 18.9. The molecule has 0 amide bonds. The van der Waals surface area contributed by atoms with Gasteiger partial charge >= 0.3 is 0 Å². The molecule has 1 unspecified atom stereocenters. The van der Waals surface area contributed by atoms with Crippen LogP contribution < -0.4 is 5.73 Å². The van der Waals surface area contributed by atoms with Crippen molar-refractivity contribution in [2.24, 2.45) is 80.7 Å². The van der Waals surface area contributed by atoms with Gasteiger partial charge in [-0.15, -0.1) is 0 Å². The third kappa shape index (κ3) is 4.45. The maximum Gasteiger partial charge on any atom is 0.00443 e. The zero-order chi connectivity index (χ0) is 27.9. The largest absolute Gasteiger partial charge is 0.328 e. The van der Waals surface area contributed by atoms with Crippen LogP contribution in [0.4, 0.5) is 0 Å². The Bertz CT molecular complexity index is 926. The van der Waals surface area contributed by atoms with E-state index in [0.717, 1.165) is 64.1 Å². The van der Waals surface area contributed by atoms with Gasteiger partial charge < -0.3 is 5.73 Å². The lowest BCUT2D eigenvalue weighted by Gasteiger charge is -2.60. The van der Waals surface area contributed by atoms with Crippen molar-refractivity contribution in [3.05, 3.63) is 0 Å². The van der Waals surface area contributed by atoms with Crippen LogP contribution in [0.3, 0.4) is 0 Å². The quantitative estimate of drug-likeness (QED) is 0.319. The lowest BCUT2D eigenvalue weighted by atomic mass is 9.45. The highest BCUT2D eigenvalue weighted by Gasteiger charge is 2.59. The highest BCUT2D eigenvalue weighted by Crippen LogP contribution is 2.67. The number of hydrogen-bond acceptors (Lipinski definition) is 1. The molecule has 0 aromatic carbocycles. The molecule has 8 saturated carbocycles. The molecule has 0 aromatic rings. The first-order valence-corrected chi connectivity index (χ1v) is 18.8. The summed E-state index contributed by atoms with van der Waals surface area (Å²) < 4.78 is 0. The molecule has 1 heteroatoms. The molecule has 0 aliphatic heterocycles. The van der Waals surface area contributed by atoms with Crippen molar-refractivity contribution in [2.45, 2.75) is 169 Å². The summed E-state index contributed by atoms with van der Waals surface area (Å²) >= 11 is 0. The van der Waals surface area contributed by atoms with E-state index in [4.69, 9.17) is 5.73 Å². The van der Waals surface area contributed by atoms with Crippen LogP contribution in [-0.2, 0) is 0 Å². The van der Waals surface area contributed by atoms with Crippen LogP contribution in [-0.4, -0.2) is 6.04 Å². The standard InChI is InChI=1S/C20H34.C19H33N/c1-14-8-12-20(3)15(13-14)6-7-16-17-5-4-10-19(17,2)11-9-18(16)20;1-18-10-3-4-16(18)15-8-6-13-5-7-14(20)12-19(13,2)17(15)9-11-18/h14-18H,4-13H2,1-3H3;13-17H,3-12,20H2,1-2H3/t14-,15-,16-,17-,18-,19-,20-;13-,14?,15+,16+,17+,18+,19+/m01/s1. The summed E-state index contributed by atoms with van der Waals surface area (Å²) in [5, 5.41) is 0. The van der Waals surface area contributed by atoms with Crippen LogP contribution in [0.25, 0.3) is 0 Å². The van der Waals surface area contributed by atoms with E-state index >= 15 is 0 Å². The summed E-state index contributed by atoms with van der Waals surface area (Å²) in [6.07, 6.45) is 30.2. The maximum atomic E-state index is 6.38. The van der Waals surface area contributed by atoms with E-state index in [0.29, 0.717) is 16.9 Å². The van der Waals surface area contributed by atoms with Gasteiger partial charge in [0.25, 0.3) is 0 Å². The fourth-order valence-electron chi connectivity index (χ4n) is 14.9. The van der Waals surface area contributed by atoms with E-state index in [1.807, 2.05) is 0 Å². The maximum absolute atomic E-state index is 6.38. The molecule has 228 valence electrons. The Labute approximate surface area is 249 Å². The Hall–Kier alpha value is -0.0400. The minimum atomic E-state index is 0.492. The molecule has 0 spiro atoms. The molecule has 0 saturated heterocycles. The molecule has 0 aromatic heterocycles. The summed E-state index contributed by atoms with van der Waals surface area (Å²) in [5.41, 5.74) is 9.14. The van der Waals surface area contributed by atoms with Gasteiger partial charge in [0.15, 0.2) is 0 Å². The molecule has 0 bridgehead atoms. The van der Waals surface area contributed by atoms with E-state index in [9.17, 15) is 0 Å². The summed E-state index contributed by atoms with van der Waals surface area (Å²) in [5.74, 6) is 9.45. The molecular formula is C39H67N. The van der Waals surface area contributed by atoms with Gasteiger partial charge in [0.1, 0.15) is 0 Å². The second kappa shape index (κ2) is 10.3. The van der Waals surface area contributed by atoms with Crippen molar-refractivity contribution < 1.29 is 0 Å². The average molecular weight is 550 g/mol. The molecule has 8 rings (SSSR count). The first-order valence-electron chi connectivity index (χ1n) is 18.8. The molecule has 0 heterocycles. The van der Waals surface area contributed by atoms with Gasteiger partial charge in [0.2, 0.25) is 0 Å². The zero-order valence-corrected chi connectivity index (χ0v) is 27.5. The van der Waals surface area contributed by atoms with Gasteiger partial charge in [-0.1, -0.05) is 53.9 Å². The Balaban J connectivity index is 0.000000132. The molecule has 1 nitrogen and oxygen atoms in total. The molecule has 8 aliphatic rings. The lowest BCUT2D eigenvalue weighted by molar-refractivity contribution is -0.110. The number of hydrogen-bond donors (Lipinski definition) is 1. The van der Waals surface area contributed by atoms with Crippen LogP contribution in [0.5, 0.6) is 0 Å². The normalized spacial score (nSPS) is 58.6. The van der Waals surface area contributed by atoms with Crippen molar-refractivity contribution in [3.63, 3.8) is 0 Å². The van der Waals surface area contributed by atoms with Crippen LogP contribution in [0, 0.1) is 74.9 Å². The number of nitrogens with two attached hydrogens (primary N) is 1. The van der Waals surface area contributed by atoms with Crippen molar-refractivity contribution in [1.29, 1.82) is 0 Å². The molecule has 0 radical (unpaired) electrons. The van der Waals surface area contributed by atoms with Crippen molar-refractivity contribution in [1.82, 2.24) is 0 Å². The van der Waals surface area contributed by atoms with Crippen molar-refractivity contribution in [3.8, 4) is 0 Å². The minimum absolute atomic E-state index is 0.492. The van der Waals surface area contributed by atoms with Crippen molar-refractivity contribution in [2.75, 3.05) is 0 Å². The predicted octanol–water partition coefficient (Wildman–Crippen LogP) is 10.8. The summed E-state index contributed by atoms with van der Waals surface area (Å²) in [6, 6.07) is 0.492. The van der Waals surface area contributed by atoms with Crippen LogP contribution >= 0.6 is 0 Å². The fourth-order valence-corrected chi connectivity index (χ4v) is 14.9. The highest BCUT2D eigenvalue weighted by molar-refractivity contribution is 5.09. The second-order valence-electron chi connectivity index (χ2n) is 18.9. The van der Waals surface area contributed by atoms with Gasteiger partial charge in [-0.05, 0) is 184 Å². The van der Waals surface area contributed by atoms with E-state index in [1.165, 1.54) is 77.0 Å². The van der Waals surface area contributed by atoms with Gasteiger partial charge in [0.05, 0.1) is 0 Å². The smallest absolute Gasteiger partial charge is 0.00443 e. The van der Waals surface area contributed by atoms with E-state index < -0.39 is 0 Å². The fraction of sp³-hybridized carbons (Fsp3) is 1.00. The van der Waals surface area contributed by atoms with E-state index in [2.05, 4.69) is 34.6 Å². The van der Waals surface area contributed by atoms with Gasteiger partial charge in [-0.3, -0.25) is 0 Å². The van der Waals surface area contributed by atoms with Gasteiger partial charge in [0, 0.05) is 6.04 Å². The summed E-state index contributed by atoms with van der Waals surface area (Å²) in [6.45, 7) is 13.1. The zero-order valence-electron chi connectivity index (χ0n) is 27.5. The highest BCUT2D eigenvalue weighted by atomic mass is 14.7. The molecule has 8 aliphatic carbocycles. The van der Waals surface area contributed by atoms with E-state index in [-0.39, 0.29) is 0 Å². The summed E-state index contributed by atoms with van der Waals surface area (Å²) in [7, 11) is 0. The predicted molar refractivity (Wildman–Crippen MR) is 170 cm³/mol. The van der Waals surface area contributed by atoms with Crippen LogP contribution in [0.1, 0.15) is 163 Å². The molecule has 40 heavy (non-hydrogen) atoms. The van der Waals surface area contributed by atoms with Gasteiger partial charge in [-0.2, -0.15) is 0 Å². The molecular weight excluding hydrogens is 482 g/mol. The third-order valence-corrected chi connectivity index (χ3v) is 17.1. The van der Waals surface area contributed by atoms with Crippen LogP contribution in [0.15, 0.2) is 0 Å². The third-order valence-electron chi connectivity index (χ3n) is 17.1. The number of rotatable bonds is 0. The Kier molecular flexibility index (Phi) is 7.37. The molecule has 14 atom stereocenters. The van der Waals surface area contributed by atoms with Gasteiger partial charge in [-0.25, -0.2) is 0 Å². The Morgan fingerprint density at radius 2 is 1.05 bits per heavy atom. The average Bonchev–Trinajstić information content (AvgIpc) is 3.51. The Morgan fingerprint density at radius 1 is 0.500 bits per heavy atom. The minimum Gasteiger partial charge on any atom is -0.328 e. The first-order chi connectivity index (χ1) is 19.1. The first kappa shape index (κ1) is 28.7. The summed E-state index contributed by atoms with van der Waals surface area (Å²) in [4.78, 5) is 0. The monoisotopic (exact) mass is 550 g/mol. The lowest BCUT2D eigenvalue weighted by Crippen LogP contribution is -2.54. The van der Waals surface area contributed by atoms with E-state index in [1.54, 1.807) is 51.4 Å². The molecule has 2 N–H and O–H groups in total.